The lowest BCUT2D eigenvalue weighted by atomic mass is 10.1. The maximum Gasteiger partial charge on any atom is 0.160 e. The monoisotopic (exact) mass is 292 g/mol. The van der Waals surface area contributed by atoms with E-state index in [9.17, 15) is 10.2 Å². The van der Waals surface area contributed by atoms with E-state index in [-0.39, 0.29) is 11.5 Å². The largest absolute Gasteiger partial charge is 0.504 e. The molecule has 0 aliphatic rings. The van der Waals surface area contributed by atoms with Crippen LogP contribution in [0.25, 0.3) is 0 Å². The molecule has 72 valence electrons. The van der Waals surface area contributed by atoms with Crippen LogP contribution in [0.15, 0.2) is 18.2 Å². The first-order valence-corrected chi connectivity index (χ1v) is 5.84. The van der Waals surface area contributed by atoms with Gasteiger partial charge in [-0.2, -0.15) is 0 Å². The summed E-state index contributed by atoms with van der Waals surface area (Å²) in [4.78, 5) is 0. The maximum atomic E-state index is 9.45. The molecule has 0 amide bonds. The Morgan fingerprint density at radius 2 is 1.92 bits per heavy atom. The SMILES string of the molecule is Oc1cccc(CCCCI)c1O. The Morgan fingerprint density at radius 1 is 1.15 bits per heavy atom. The Balaban J connectivity index is 2.61. The third-order valence-electron chi connectivity index (χ3n) is 1.93. The van der Waals surface area contributed by atoms with Gasteiger partial charge in [-0.1, -0.05) is 34.7 Å². The normalized spacial score (nSPS) is 10.2. The van der Waals surface area contributed by atoms with Gasteiger partial charge < -0.3 is 10.2 Å². The van der Waals surface area contributed by atoms with E-state index in [1.807, 2.05) is 6.07 Å². The Hall–Kier alpha value is -0.450. The molecule has 13 heavy (non-hydrogen) atoms. The Bertz CT molecular complexity index is 274. The molecule has 1 rings (SSSR count). The highest BCUT2D eigenvalue weighted by atomic mass is 127. The number of benzene rings is 1. The highest BCUT2D eigenvalue weighted by Crippen LogP contribution is 2.29. The van der Waals surface area contributed by atoms with Gasteiger partial charge in [0, 0.05) is 0 Å². The molecule has 0 spiro atoms. The van der Waals surface area contributed by atoms with Crippen LogP contribution in [0.2, 0.25) is 0 Å². The fourth-order valence-electron chi connectivity index (χ4n) is 1.19. The van der Waals surface area contributed by atoms with Crippen LogP contribution >= 0.6 is 22.6 Å². The molecular formula is C10H13IO2. The van der Waals surface area contributed by atoms with Crippen LogP contribution in [0, 0.1) is 0 Å². The minimum Gasteiger partial charge on any atom is -0.504 e. The van der Waals surface area contributed by atoms with Crippen molar-refractivity contribution >= 4 is 22.6 Å². The minimum atomic E-state index is -0.0213. The molecule has 0 saturated heterocycles. The van der Waals surface area contributed by atoms with Crippen molar-refractivity contribution in [2.24, 2.45) is 0 Å². The molecule has 0 bridgehead atoms. The van der Waals surface area contributed by atoms with Gasteiger partial charge in [-0.25, -0.2) is 0 Å². The van der Waals surface area contributed by atoms with Gasteiger partial charge in [0.2, 0.25) is 0 Å². The summed E-state index contributed by atoms with van der Waals surface area (Å²) in [5.74, 6) is 0.0166. The first kappa shape index (κ1) is 10.6. The maximum absolute atomic E-state index is 9.45. The topological polar surface area (TPSA) is 40.5 Å². The van der Waals surface area contributed by atoms with Crippen LogP contribution < -0.4 is 0 Å². The van der Waals surface area contributed by atoms with E-state index in [2.05, 4.69) is 22.6 Å². The molecule has 0 heterocycles. The number of aromatic hydroxyl groups is 2. The molecule has 0 radical (unpaired) electrons. The predicted molar refractivity (Wildman–Crippen MR) is 61.6 cm³/mol. The molecule has 0 atom stereocenters. The van der Waals surface area contributed by atoms with E-state index in [0.717, 1.165) is 29.3 Å². The lowest BCUT2D eigenvalue weighted by Gasteiger charge is -2.04. The molecule has 1 aromatic carbocycles. The molecule has 0 aliphatic carbocycles. The van der Waals surface area contributed by atoms with E-state index < -0.39 is 0 Å². The van der Waals surface area contributed by atoms with Crippen molar-refractivity contribution in [1.82, 2.24) is 0 Å². The van der Waals surface area contributed by atoms with Crippen molar-refractivity contribution in [1.29, 1.82) is 0 Å². The highest BCUT2D eigenvalue weighted by molar-refractivity contribution is 14.1. The van der Waals surface area contributed by atoms with E-state index in [1.165, 1.54) is 6.07 Å². The van der Waals surface area contributed by atoms with E-state index in [4.69, 9.17) is 0 Å². The van der Waals surface area contributed by atoms with Crippen LogP contribution in [0.4, 0.5) is 0 Å². The number of phenols is 2. The molecule has 0 unspecified atom stereocenters. The molecular weight excluding hydrogens is 279 g/mol. The van der Waals surface area contributed by atoms with Crippen LogP contribution in [-0.2, 0) is 6.42 Å². The summed E-state index contributed by atoms with van der Waals surface area (Å²) >= 11 is 2.33. The number of para-hydroxylation sites is 1. The number of halogens is 1. The number of hydrogen-bond acceptors (Lipinski definition) is 2. The first-order valence-electron chi connectivity index (χ1n) is 4.31. The second-order valence-electron chi connectivity index (χ2n) is 2.93. The van der Waals surface area contributed by atoms with E-state index >= 15 is 0 Å². The summed E-state index contributed by atoms with van der Waals surface area (Å²) in [7, 11) is 0. The Kier molecular flexibility index (Phi) is 4.35. The quantitative estimate of drug-likeness (QED) is 0.388. The highest BCUT2D eigenvalue weighted by Gasteiger charge is 2.04. The second-order valence-corrected chi connectivity index (χ2v) is 4.01. The van der Waals surface area contributed by atoms with Crippen molar-refractivity contribution in [2.45, 2.75) is 19.3 Å². The van der Waals surface area contributed by atoms with Gasteiger partial charge in [-0.3, -0.25) is 0 Å². The molecule has 0 aliphatic heterocycles. The zero-order valence-corrected chi connectivity index (χ0v) is 9.49. The summed E-state index contributed by atoms with van der Waals surface area (Å²) < 4.78 is 1.14. The number of unbranched alkanes of at least 4 members (excludes halogenated alkanes) is 1. The molecule has 2 nitrogen and oxygen atoms in total. The second kappa shape index (κ2) is 5.32. The van der Waals surface area contributed by atoms with Crippen LogP contribution in [0.3, 0.4) is 0 Å². The predicted octanol–water partition coefficient (Wildman–Crippen LogP) is 2.86. The molecule has 0 saturated carbocycles. The van der Waals surface area contributed by atoms with Crippen molar-refractivity contribution in [3.05, 3.63) is 23.8 Å². The number of aryl methyl sites for hydroxylation is 1. The summed E-state index contributed by atoms with van der Waals surface area (Å²) in [5, 5.41) is 18.7. The van der Waals surface area contributed by atoms with E-state index in [1.54, 1.807) is 6.07 Å². The summed E-state index contributed by atoms with van der Waals surface area (Å²) in [5.41, 5.74) is 0.838. The van der Waals surface area contributed by atoms with Crippen molar-refractivity contribution in [3.63, 3.8) is 0 Å². The number of alkyl halides is 1. The average Bonchev–Trinajstić information content (AvgIpc) is 2.13. The molecule has 0 aromatic heterocycles. The van der Waals surface area contributed by atoms with Gasteiger partial charge in [0.1, 0.15) is 0 Å². The van der Waals surface area contributed by atoms with Crippen molar-refractivity contribution < 1.29 is 10.2 Å². The zero-order chi connectivity index (χ0) is 9.68. The Morgan fingerprint density at radius 3 is 2.62 bits per heavy atom. The standard InChI is InChI=1S/C10H13IO2/c11-7-2-1-4-8-5-3-6-9(12)10(8)13/h3,5-6,12-13H,1-2,4,7H2. The number of phenolic OH excluding ortho intramolecular Hbond substituents is 2. The van der Waals surface area contributed by atoms with Gasteiger partial charge in [-0.15, -0.1) is 0 Å². The lowest BCUT2D eigenvalue weighted by Crippen LogP contribution is -1.87. The molecule has 2 N–H and O–H groups in total. The molecule has 1 aromatic rings. The first-order chi connectivity index (χ1) is 6.25. The third-order valence-corrected chi connectivity index (χ3v) is 2.69. The van der Waals surface area contributed by atoms with Gasteiger partial charge in [-0.05, 0) is 35.3 Å². The van der Waals surface area contributed by atoms with E-state index in [0.29, 0.717) is 0 Å². The van der Waals surface area contributed by atoms with Gasteiger partial charge >= 0.3 is 0 Å². The average molecular weight is 292 g/mol. The lowest BCUT2D eigenvalue weighted by molar-refractivity contribution is 0.399. The van der Waals surface area contributed by atoms with Crippen molar-refractivity contribution in [3.8, 4) is 11.5 Å². The van der Waals surface area contributed by atoms with Crippen LogP contribution in [-0.4, -0.2) is 14.6 Å². The van der Waals surface area contributed by atoms with Gasteiger partial charge in [0.15, 0.2) is 11.5 Å². The zero-order valence-electron chi connectivity index (χ0n) is 7.33. The molecule has 3 heteroatoms. The summed E-state index contributed by atoms with van der Waals surface area (Å²) in [6.45, 7) is 0. The molecule has 0 fully saturated rings. The van der Waals surface area contributed by atoms with Crippen molar-refractivity contribution in [2.75, 3.05) is 4.43 Å². The fourth-order valence-corrected chi connectivity index (χ4v) is 1.73. The Labute approximate surface area is 91.7 Å². The smallest absolute Gasteiger partial charge is 0.160 e. The minimum absolute atomic E-state index is 0.0213. The fraction of sp³-hybridized carbons (Fsp3) is 0.400. The van der Waals surface area contributed by atoms with Crippen LogP contribution in [0.1, 0.15) is 18.4 Å². The van der Waals surface area contributed by atoms with Gasteiger partial charge in [0.25, 0.3) is 0 Å². The summed E-state index contributed by atoms with van der Waals surface area (Å²) in [6, 6.07) is 5.11. The third kappa shape index (κ3) is 3.06. The number of rotatable bonds is 4. The summed E-state index contributed by atoms with van der Waals surface area (Å²) in [6.07, 6.45) is 3.04. The van der Waals surface area contributed by atoms with Gasteiger partial charge in [0.05, 0.1) is 0 Å². The van der Waals surface area contributed by atoms with Crippen LogP contribution in [0.5, 0.6) is 11.5 Å². The number of hydrogen-bond donors (Lipinski definition) is 2.